The van der Waals surface area contributed by atoms with Crippen LogP contribution in [0.25, 0.3) is 11.0 Å². The van der Waals surface area contributed by atoms with Crippen LogP contribution in [0.4, 0.5) is 5.69 Å². The number of halogens is 1. The highest BCUT2D eigenvalue weighted by Gasteiger charge is 2.16. The summed E-state index contributed by atoms with van der Waals surface area (Å²) in [5, 5.41) is 3.77. The standard InChI is InChI=1S/C18H14ClNO4/c1-10-6-7-12(9-14(10)19)20-17(21)13-8-11-4-3-5-15(23-2)16(11)24-18(13)22/h3-9H,1-2H3,(H,20,21). The van der Waals surface area contributed by atoms with Gasteiger partial charge in [0.1, 0.15) is 5.56 Å². The highest BCUT2D eigenvalue weighted by Crippen LogP contribution is 2.25. The fraction of sp³-hybridized carbons (Fsp3) is 0.111. The van der Waals surface area contributed by atoms with Crippen molar-refractivity contribution >= 4 is 34.2 Å². The van der Waals surface area contributed by atoms with E-state index in [9.17, 15) is 9.59 Å². The number of fused-ring (bicyclic) bond motifs is 1. The second-order valence-electron chi connectivity index (χ2n) is 5.24. The lowest BCUT2D eigenvalue weighted by molar-refractivity contribution is 0.102. The second kappa shape index (κ2) is 6.37. The van der Waals surface area contributed by atoms with Gasteiger partial charge < -0.3 is 14.5 Å². The van der Waals surface area contributed by atoms with Crippen LogP contribution in [0.3, 0.4) is 0 Å². The van der Waals surface area contributed by atoms with Crippen molar-refractivity contribution in [3.05, 3.63) is 69.0 Å². The Labute approximate surface area is 142 Å². The molecule has 0 aliphatic rings. The number of rotatable bonds is 3. The molecule has 1 heterocycles. The first-order chi connectivity index (χ1) is 11.5. The van der Waals surface area contributed by atoms with Crippen molar-refractivity contribution in [1.82, 2.24) is 0 Å². The van der Waals surface area contributed by atoms with Crippen molar-refractivity contribution in [2.45, 2.75) is 6.92 Å². The number of para-hydroxylation sites is 1. The third-order valence-electron chi connectivity index (χ3n) is 3.62. The van der Waals surface area contributed by atoms with Crippen molar-refractivity contribution in [2.24, 2.45) is 0 Å². The first-order valence-corrected chi connectivity index (χ1v) is 7.56. The largest absolute Gasteiger partial charge is 0.493 e. The van der Waals surface area contributed by atoms with Crippen LogP contribution in [0, 0.1) is 6.92 Å². The SMILES string of the molecule is COc1cccc2cc(C(=O)Nc3ccc(C)c(Cl)c3)c(=O)oc12. The minimum Gasteiger partial charge on any atom is -0.493 e. The van der Waals surface area contributed by atoms with Gasteiger partial charge in [-0.05, 0) is 36.8 Å². The zero-order valence-corrected chi connectivity index (χ0v) is 13.8. The molecule has 0 unspecified atom stereocenters. The molecule has 1 aromatic heterocycles. The molecule has 0 bridgehead atoms. The summed E-state index contributed by atoms with van der Waals surface area (Å²) in [7, 11) is 1.48. The zero-order valence-electron chi connectivity index (χ0n) is 13.1. The molecule has 0 aliphatic heterocycles. The molecule has 5 nitrogen and oxygen atoms in total. The lowest BCUT2D eigenvalue weighted by atomic mass is 10.1. The lowest BCUT2D eigenvalue weighted by Gasteiger charge is -2.08. The molecule has 0 saturated carbocycles. The van der Waals surface area contributed by atoms with Gasteiger partial charge in [-0.3, -0.25) is 4.79 Å². The summed E-state index contributed by atoms with van der Waals surface area (Å²) < 4.78 is 10.4. The van der Waals surface area contributed by atoms with E-state index in [2.05, 4.69) is 5.32 Å². The maximum atomic E-state index is 12.4. The van der Waals surface area contributed by atoms with Crippen LogP contribution < -0.4 is 15.7 Å². The maximum absolute atomic E-state index is 12.4. The first-order valence-electron chi connectivity index (χ1n) is 7.18. The number of hydrogen-bond acceptors (Lipinski definition) is 4. The predicted molar refractivity (Wildman–Crippen MR) is 93.2 cm³/mol. The molecule has 122 valence electrons. The van der Waals surface area contributed by atoms with E-state index in [0.29, 0.717) is 27.4 Å². The van der Waals surface area contributed by atoms with Gasteiger partial charge in [-0.1, -0.05) is 29.8 Å². The van der Waals surface area contributed by atoms with Crippen LogP contribution in [0.2, 0.25) is 5.02 Å². The zero-order chi connectivity index (χ0) is 17.3. The van der Waals surface area contributed by atoms with Crippen molar-refractivity contribution in [2.75, 3.05) is 12.4 Å². The summed E-state index contributed by atoms with van der Waals surface area (Å²) in [4.78, 5) is 24.5. The molecule has 3 aromatic rings. The Balaban J connectivity index is 1.99. The van der Waals surface area contributed by atoms with Crippen molar-refractivity contribution in [1.29, 1.82) is 0 Å². The van der Waals surface area contributed by atoms with E-state index in [1.54, 1.807) is 36.4 Å². The number of nitrogens with one attached hydrogen (secondary N) is 1. The fourth-order valence-electron chi connectivity index (χ4n) is 2.31. The number of carbonyl (C=O) groups excluding carboxylic acids is 1. The van der Waals surface area contributed by atoms with E-state index >= 15 is 0 Å². The number of hydrogen-bond donors (Lipinski definition) is 1. The monoisotopic (exact) mass is 343 g/mol. The number of benzene rings is 2. The third kappa shape index (κ3) is 2.98. The average molecular weight is 344 g/mol. The molecular weight excluding hydrogens is 330 g/mol. The third-order valence-corrected chi connectivity index (χ3v) is 4.03. The van der Waals surface area contributed by atoms with Crippen LogP contribution >= 0.6 is 11.6 Å². The Morgan fingerprint density at radius 2 is 2.00 bits per heavy atom. The molecule has 6 heteroatoms. The minimum absolute atomic E-state index is 0.0903. The highest BCUT2D eigenvalue weighted by molar-refractivity contribution is 6.31. The molecule has 3 rings (SSSR count). The van der Waals surface area contributed by atoms with Gasteiger partial charge in [0.25, 0.3) is 5.91 Å². The summed E-state index contributed by atoms with van der Waals surface area (Å²) in [5.41, 5.74) is 0.878. The number of aryl methyl sites for hydroxylation is 1. The van der Waals surface area contributed by atoms with Crippen LogP contribution in [-0.2, 0) is 0 Å². The molecule has 0 atom stereocenters. The van der Waals surface area contributed by atoms with Gasteiger partial charge in [-0.25, -0.2) is 4.79 Å². The molecule has 0 fully saturated rings. The van der Waals surface area contributed by atoms with Gasteiger partial charge in [0.2, 0.25) is 0 Å². The molecule has 24 heavy (non-hydrogen) atoms. The molecule has 2 aromatic carbocycles. The van der Waals surface area contributed by atoms with E-state index in [1.165, 1.54) is 13.2 Å². The molecule has 1 N–H and O–H groups in total. The number of methoxy groups -OCH3 is 1. The van der Waals surface area contributed by atoms with E-state index in [0.717, 1.165) is 5.56 Å². The van der Waals surface area contributed by atoms with Gasteiger partial charge in [0.15, 0.2) is 11.3 Å². The van der Waals surface area contributed by atoms with Gasteiger partial charge in [-0.15, -0.1) is 0 Å². The van der Waals surface area contributed by atoms with E-state index in [4.69, 9.17) is 20.8 Å². The normalized spacial score (nSPS) is 10.6. The fourth-order valence-corrected chi connectivity index (χ4v) is 2.49. The van der Waals surface area contributed by atoms with Crippen molar-refractivity contribution < 1.29 is 13.9 Å². The molecule has 0 saturated heterocycles. The summed E-state index contributed by atoms with van der Waals surface area (Å²) in [6, 6.07) is 11.8. The second-order valence-corrected chi connectivity index (χ2v) is 5.65. The van der Waals surface area contributed by atoms with Gasteiger partial charge in [0, 0.05) is 16.1 Å². The van der Waals surface area contributed by atoms with E-state index in [-0.39, 0.29) is 5.56 Å². The van der Waals surface area contributed by atoms with Crippen LogP contribution in [0.5, 0.6) is 5.75 Å². The topological polar surface area (TPSA) is 68.5 Å². The van der Waals surface area contributed by atoms with Crippen molar-refractivity contribution in [3.8, 4) is 5.75 Å². The average Bonchev–Trinajstić information content (AvgIpc) is 2.57. The summed E-state index contributed by atoms with van der Waals surface area (Å²) >= 11 is 6.04. The summed E-state index contributed by atoms with van der Waals surface area (Å²) in [6.45, 7) is 1.86. The van der Waals surface area contributed by atoms with Crippen LogP contribution in [-0.4, -0.2) is 13.0 Å². The Hall–Kier alpha value is -2.79. The number of amides is 1. The smallest absolute Gasteiger partial charge is 0.349 e. The minimum atomic E-state index is -0.734. The molecular formula is C18H14ClNO4. The Morgan fingerprint density at radius 1 is 1.21 bits per heavy atom. The van der Waals surface area contributed by atoms with Gasteiger partial charge >= 0.3 is 5.63 Å². The molecule has 0 spiro atoms. The lowest BCUT2D eigenvalue weighted by Crippen LogP contribution is -2.20. The summed E-state index contributed by atoms with van der Waals surface area (Å²) in [6.07, 6.45) is 0. The van der Waals surface area contributed by atoms with Crippen LogP contribution in [0.1, 0.15) is 15.9 Å². The molecule has 0 radical (unpaired) electrons. The quantitative estimate of drug-likeness (QED) is 0.729. The molecule has 1 amide bonds. The first kappa shape index (κ1) is 16.1. The van der Waals surface area contributed by atoms with E-state index < -0.39 is 11.5 Å². The predicted octanol–water partition coefficient (Wildman–Crippen LogP) is 4.02. The highest BCUT2D eigenvalue weighted by atomic mass is 35.5. The summed E-state index contributed by atoms with van der Waals surface area (Å²) in [5.74, 6) is -0.129. The van der Waals surface area contributed by atoms with Crippen LogP contribution in [0.15, 0.2) is 51.7 Å². The Morgan fingerprint density at radius 3 is 2.71 bits per heavy atom. The van der Waals surface area contributed by atoms with E-state index in [1.807, 2.05) is 6.92 Å². The van der Waals surface area contributed by atoms with Gasteiger partial charge in [-0.2, -0.15) is 0 Å². The number of anilines is 1. The number of carbonyl (C=O) groups is 1. The Bertz CT molecular complexity index is 994. The number of ether oxygens (including phenoxy) is 1. The molecule has 0 aliphatic carbocycles. The maximum Gasteiger partial charge on any atom is 0.349 e. The Kier molecular flexibility index (Phi) is 4.27. The van der Waals surface area contributed by atoms with Crippen molar-refractivity contribution in [3.63, 3.8) is 0 Å². The van der Waals surface area contributed by atoms with Gasteiger partial charge in [0.05, 0.1) is 7.11 Å².